The van der Waals surface area contributed by atoms with Crippen LogP contribution in [0.4, 0.5) is 0 Å². The van der Waals surface area contributed by atoms with Gasteiger partial charge in [0.2, 0.25) is 0 Å². The summed E-state index contributed by atoms with van der Waals surface area (Å²) in [4.78, 5) is 27.4. The fraction of sp³-hybridized carbons (Fsp3) is 0.333. The van der Waals surface area contributed by atoms with Crippen LogP contribution in [-0.4, -0.2) is 27.9 Å². The van der Waals surface area contributed by atoms with E-state index in [2.05, 4.69) is 0 Å². The van der Waals surface area contributed by atoms with E-state index in [1.54, 1.807) is 36.4 Å². The molecule has 4 rings (SSSR count). The lowest BCUT2D eigenvalue weighted by molar-refractivity contribution is -0.140. The summed E-state index contributed by atoms with van der Waals surface area (Å²) in [6, 6.07) is 13.9. The van der Waals surface area contributed by atoms with Crippen molar-refractivity contribution in [2.75, 3.05) is 0 Å². The predicted molar refractivity (Wildman–Crippen MR) is 99.4 cm³/mol. The number of aliphatic carboxylic acids is 1. The molecule has 1 N–H and O–H groups in total. The second-order valence-corrected chi connectivity index (χ2v) is 7.49. The number of hydrogen-bond acceptors (Lipinski definition) is 2. The molecule has 1 fully saturated rings. The second-order valence-electron chi connectivity index (χ2n) is 7.05. The van der Waals surface area contributed by atoms with Gasteiger partial charge >= 0.3 is 5.97 Å². The summed E-state index contributed by atoms with van der Waals surface area (Å²) in [6.45, 7) is 0. The molecule has 2 aromatic rings. The normalized spacial score (nSPS) is 23.1. The molecule has 2 atom stereocenters. The van der Waals surface area contributed by atoms with Gasteiger partial charge in [0, 0.05) is 16.6 Å². The van der Waals surface area contributed by atoms with Crippen LogP contribution in [0.25, 0.3) is 0 Å². The summed E-state index contributed by atoms with van der Waals surface area (Å²) in [5.41, 5.74) is 1.92. The molecule has 2 aromatic carbocycles. The van der Waals surface area contributed by atoms with Crippen molar-refractivity contribution in [1.82, 2.24) is 4.90 Å². The van der Waals surface area contributed by atoms with Crippen molar-refractivity contribution in [2.45, 2.75) is 43.7 Å². The van der Waals surface area contributed by atoms with Crippen molar-refractivity contribution in [3.63, 3.8) is 0 Å². The first-order chi connectivity index (χ1) is 12.6. The zero-order chi connectivity index (χ0) is 18.3. The molecular weight excluding hydrogens is 350 g/mol. The van der Waals surface area contributed by atoms with Gasteiger partial charge in [-0.25, -0.2) is 0 Å². The Morgan fingerprint density at radius 2 is 1.69 bits per heavy atom. The molecule has 0 saturated heterocycles. The first kappa shape index (κ1) is 17.1. The molecule has 0 aromatic heterocycles. The maximum Gasteiger partial charge on any atom is 0.313 e. The predicted octanol–water partition coefficient (Wildman–Crippen LogP) is 4.65. The van der Waals surface area contributed by atoms with E-state index in [9.17, 15) is 14.7 Å². The van der Waals surface area contributed by atoms with E-state index in [4.69, 9.17) is 11.6 Å². The Balaban J connectivity index is 1.91. The van der Waals surface area contributed by atoms with E-state index in [1.165, 1.54) is 0 Å². The molecule has 26 heavy (non-hydrogen) atoms. The lowest BCUT2D eigenvalue weighted by Crippen LogP contribution is -2.49. The summed E-state index contributed by atoms with van der Waals surface area (Å²) in [7, 11) is 0. The van der Waals surface area contributed by atoms with Gasteiger partial charge in [-0.1, -0.05) is 54.8 Å². The van der Waals surface area contributed by atoms with Crippen LogP contribution >= 0.6 is 11.6 Å². The van der Waals surface area contributed by atoms with E-state index in [-0.39, 0.29) is 11.9 Å². The Morgan fingerprint density at radius 1 is 1.04 bits per heavy atom. The number of fused-ring (bicyclic) bond motifs is 1. The van der Waals surface area contributed by atoms with E-state index >= 15 is 0 Å². The van der Waals surface area contributed by atoms with Crippen LogP contribution in [0.5, 0.6) is 0 Å². The zero-order valence-electron chi connectivity index (χ0n) is 14.3. The van der Waals surface area contributed by atoms with Gasteiger partial charge in [-0.2, -0.15) is 0 Å². The van der Waals surface area contributed by atoms with Gasteiger partial charge in [0.1, 0.15) is 5.92 Å². The number of amides is 1. The third kappa shape index (κ3) is 2.78. The lowest BCUT2D eigenvalue weighted by atomic mass is 9.79. The van der Waals surface area contributed by atoms with Crippen molar-refractivity contribution in [3.8, 4) is 0 Å². The van der Waals surface area contributed by atoms with Crippen LogP contribution in [0.15, 0.2) is 48.5 Å². The number of carboxylic acids is 1. The highest BCUT2D eigenvalue weighted by Gasteiger charge is 2.46. The quantitative estimate of drug-likeness (QED) is 0.856. The van der Waals surface area contributed by atoms with Crippen molar-refractivity contribution in [1.29, 1.82) is 0 Å². The monoisotopic (exact) mass is 369 g/mol. The minimum Gasteiger partial charge on any atom is -0.481 e. The smallest absolute Gasteiger partial charge is 0.313 e. The van der Waals surface area contributed by atoms with Gasteiger partial charge in [0.15, 0.2) is 0 Å². The second kappa shape index (κ2) is 6.76. The number of nitrogens with zero attached hydrogens (tertiary/aromatic N) is 1. The molecule has 1 heterocycles. The molecule has 2 aliphatic rings. The number of carboxylic acid groups (broad SMARTS) is 1. The Labute approximate surface area is 157 Å². The largest absolute Gasteiger partial charge is 0.481 e. The molecule has 1 aliphatic heterocycles. The Kier molecular flexibility index (Phi) is 4.45. The van der Waals surface area contributed by atoms with E-state index in [1.807, 2.05) is 17.0 Å². The Bertz CT molecular complexity index is 843. The first-order valence-corrected chi connectivity index (χ1v) is 9.35. The van der Waals surface area contributed by atoms with Gasteiger partial charge in [-0.3, -0.25) is 9.59 Å². The van der Waals surface area contributed by atoms with Crippen LogP contribution in [-0.2, 0) is 4.79 Å². The number of rotatable bonds is 3. The molecule has 5 heteroatoms. The van der Waals surface area contributed by atoms with Crippen LogP contribution < -0.4 is 0 Å². The molecular formula is C21H20ClNO3. The fourth-order valence-electron chi connectivity index (χ4n) is 4.42. The summed E-state index contributed by atoms with van der Waals surface area (Å²) in [6.07, 6.45) is 3.98. The van der Waals surface area contributed by atoms with Gasteiger partial charge in [-0.15, -0.1) is 0 Å². The third-order valence-electron chi connectivity index (χ3n) is 5.57. The van der Waals surface area contributed by atoms with Gasteiger partial charge in [-0.05, 0) is 42.2 Å². The van der Waals surface area contributed by atoms with Crippen molar-refractivity contribution in [2.24, 2.45) is 0 Å². The van der Waals surface area contributed by atoms with Gasteiger partial charge in [0.05, 0.1) is 6.04 Å². The zero-order valence-corrected chi connectivity index (χ0v) is 15.0. The van der Waals surface area contributed by atoms with Crippen molar-refractivity contribution in [3.05, 3.63) is 70.2 Å². The number of carbonyl (C=O) groups is 2. The van der Waals surface area contributed by atoms with E-state index in [0.29, 0.717) is 16.1 Å². The molecule has 0 unspecified atom stereocenters. The summed E-state index contributed by atoms with van der Waals surface area (Å²) >= 11 is 6.03. The van der Waals surface area contributed by atoms with Crippen LogP contribution in [0.1, 0.15) is 59.1 Å². The fourth-order valence-corrected chi connectivity index (χ4v) is 4.54. The highest BCUT2D eigenvalue weighted by Crippen LogP contribution is 2.46. The highest BCUT2D eigenvalue weighted by atomic mass is 35.5. The third-order valence-corrected chi connectivity index (χ3v) is 5.82. The maximum absolute atomic E-state index is 13.3. The minimum absolute atomic E-state index is 0.0649. The van der Waals surface area contributed by atoms with Crippen molar-refractivity contribution < 1.29 is 14.7 Å². The number of benzene rings is 2. The van der Waals surface area contributed by atoms with Gasteiger partial charge in [0.25, 0.3) is 5.91 Å². The summed E-state index contributed by atoms with van der Waals surface area (Å²) in [5.74, 6) is -1.76. The molecule has 1 saturated carbocycles. The molecule has 0 radical (unpaired) electrons. The average molecular weight is 370 g/mol. The average Bonchev–Trinajstić information content (AvgIpc) is 3.16. The SMILES string of the molecule is O=C(O)[C@@H]1c2ccccc2C(=O)N(C2CCCC2)[C@H]1c1ccc(Cl)cc1. The summed E-state index contributed by atoms with van der Waals surface area (Å²) in [5, 5.41) is 10.6. The summed E-state index contributed by atoms with van der Waals surface area (Å²) < 4.78 is 0. The molecule has 1 amide bonds. The standard InChI is InChI=1S/C21H20ClNO3/c22-14-11-9-13(10-12-14)19-18(21(25)26)16-7-3-4-8-17(16)20(24)23(19)15-5-1-2-6-15/h3-4,7-12,15,18-19H,1-2,5-6H2,(H,25,26)/t18-,19+/m1/s1. The lowest BCUT2D eigenvalue weighted by Gasteiger charge is -2.44. The van der Waals surface area contributed by atoms with Crippen LogP contribution in [0.3, 0.4) is 0 Å². The highest BCUT2D eigenvalue weighted by molar-refractivity contribution is 6.30. The molecule has 0 bridgehead atoms. The topological polar surface area (TPSA) is 57.6 Å². The number of halogens is 1. The molecule has 4 nitrogen and oxygen atoms in total. The number of carbonyl (C=O) groups excluding carboxylic acids is 1. The number of hydrogen-bond donors (Lipinski definition) is 1. The van der Waals surface area contributed by atoms with E-state index < -0.39 is 17.9 Å². The molecule has 1 aliphatic carbocycles. The van der Waals surface area contributed by atoms with Crippen LogP contribution in [0, 0.1) is 0 Å². The van der Waals surface area contributed by atoms with Gasteiger partial charge < -0.3 is 10.0 Å². The van der Waals surface area contributed by atoms with E-state index in [0.717, 1.165) is 31.2 Å². The van der Waals surface area contributed by atoms with Crippen LogP contribution in [0.2, 0.25) is 5.02 Å². The minimum atomic E-state index is -0.909. The Morgan fingerprint density at radius 3 is 2.35 bits per heavy atom. The maximum atomic E-state index is 13.3. The Hall–Kier alpha value is -2.33. The molecule has 134 valence electrons. The molecule has 0 spiro atoms. The van der Waals surface area contributed by atoms with Crippen molar-refractivity contribution >= 4 is 23.5 Å². The first-order valence-electron chi connectivity index (χ1n) is 8.98.